The van der Waals surface area contributed by atoms with E-state index < -0.39 is 105 Å². The van der Waals surface area contributed by atoms with Gasteiger partial charge in [-0.15, -0.1) is 0 Å². The normalized spacial score (nSPS) is 13.4. The van der Waals surface area contributed by atoms with E-state index in [0.717, 1.165) is 16.8 Å². The molecule has 22 heteroatoms. The van der Waals surface area contributed by atoms with Crippen molar-refractivity contribution in [3.8, 4) is 28.5 Å². The molecule has 0 fully saturated rings. The molecule has 4 rings (SSSR count). The number of phenolic OH excluding ortho intramolecular Hbond substituents is 1. The summed E-state index contributed by atoms with van der Waals surface area (Å²) in [5, 5.41) is 12.9. The Bertz CT molecular complexity index is 2630. The van der Waals surface area contributed by atoms with Gasteiger partial charge in [-0.1, -0.05) is 0 Å². The smallest absolute Gasteiger partial charge is 0.419 e. The maximum absolute atomic E-state index is 14.3. The van der Waals surface area contributed by atoms with Crippen LogP contribution in [0.2, 0.25) is 0 Å². The third-order valence-electron chi connectivity index (χ3n) is 11.1. The number of amides is 2. The summed E-state index contributed by atoms with van der Waals surface area (Å²) in [7, 11) is -6.15. The molecule has 0 aliphatic carbocycles. The summed E-state index contributed by atoms with van der Waals surface area (Å²) in [6.07, 6.45) is -1.69. The van der Waals surface area contributed by atoms with Crippen LogP contribution in [0.3, 0.4) is 0 Å². The Balaban J connectivity index is 1.63. The molecule has 412 valence electrons. The Morgan fingerprint density at radius 1 is 0.667 bits per heavy atom. The standard InChI is InChI=1S/C53H73N3O17P2/c1-17-56-38-30-39(57)37(29-36(38)31(3)42(56)32-19-23-35(24-20-32)67-47(63)55(16)33-21-25-34(26-22-33)66-18-2)54-40(58)27-28-41(74(64)72-48(68-43(59)50(4,5)6)69-44(60)51(7,8)9)75(65)73-49(70-45(61)52(10,11)12)71-46(62)53(13,14)15/h19-26,29-30,41,48-49,57,74-75H,17-18,27-28H2,1-16H3,(H,54,58). The van der Waals surface area contributed by atoms with E-state index in [1.807, 2.05) is 25.3 Å². The molecular weight excluding hydrogens is 1010 g/mol. The van der Waals surface area contributed by atoms with Crippen molar-refractivity contribution in [2.45, 2.75) is 142 Å². The Morgan fingerprint density at radius 2 is 1.11 bits per heavy atom. The first-order chi connectivity index (χ1) is 34.7. The molecule has 75 heavy (non-hydrogen) atoms. The molecule has 0 spiro atoms. The molecule has 0 aliphatic heterocycles. The van der Waals surface area contributed by atoms with E-state index in [4.69, 9.17) is 37.5 Å². The molecule has 0 saturated heterocycles. The van der Waals surface area contributed by atoms with Crippen LogP contribution in [0, 0.1) is 28.6 Å². The number of hydrogen-bond donors (Lipinski definition) is 2. The van der Waals surface area contributed by atoms with Crippen LogP contribution < -0.4 is 19.7 Å². The summed E-state index contributed by atoms with van der Waals surface area (Å²) in [4.78, 5) is 80.2. The number of benzene rings is 3. The van der Waals surface area contributed by atoms with E-state index in [9.17, 15) is 43.0 Å². The number of rotatable bonds is 20. The number of carbonyl (C=O) groups excluding carboxylic acids is 6. The van der Waals surface area contributed by atoms with Gasteiger partial charge in [-0.25, -0.2) is 4.79 Å². The van der Waals surface area contributed by atoms with E-state index in [1.54, 1.807) is 61.6 Å². The highest BCUT2D eigenvalue weighted by atomic mass is 31.2. The Labute approximate surface area is 439 Å². The SMILES string of the molecule is CCOc1ccc(N(C)C(=O)Oc2ccc(-c3c(C)c4cc(NC(=O)CCC([PH](=O)OC(OC(=O)C(C)(C)C)OC(=O)C(C)(C)C)[PH](=O)OC(OC(=O)C(C)(C)C)OC(=O)C(C)(C)C)c(O)cc4n3CC)cc2)cc1. The number of phenols is 1. The first-order valence-corrected chi connectivity index (χ1v) is 27.1. The molecule has 3 aromatic carbocycles. The lowest BCUT2D eigenvalue weighted by molar-refractivity contribution is -0.244. The van der Waals surface area contributed by atoms with Crippen LogP contribution in [0.5, 0.6) is 17.2 Å². The van der Waals surface area contributed by atoms with Gasteiger partial charge in [0.1, 0.15) is 22.6 Å². The highest BCUT2D eigenvalue weighted by Gasteiger charge is 2.39. The second kappa shape index (κ2) is 25.1. The number of fused-ring (bicyclic) bond motifs is 1. The number of aromatic nitrogens is 1. The van der Waals surface area contributed by atoms with Crippen LogP contribution >= 0.6 is 16.1 Å². The molecule has 1 aromatic heterocycles. The first kappa shape index (κ1) is 61.3. The average Bonchev–Trinajstić information content (AvgIpc) is 3.57. The quantitative estimate of drug-likeness (QED) is 0.0361. The predicted octanol–water partition coefficient (Wildman–Crippen LogP) is 11.3. The van der Waals surface area contributed by atoms with Crippen molar-refractivity contribution in [2.75, 3.05) is 23.9 Å². The first-order valence-electron chi connectivity index (χ1n) is 24.4. The lowest BCUT2D eigenvalue weighted by Crippen LogP contribution is -2.35. The van der Waals surface area contributed by atoms with Crippen LogP contribution in [0.1, 0.15) is 115 Å². The lowest BCUT2D eigenvalue weighted by Gasteiger charge is -2.28. The molecule has 2 unspecified atom stereocenters. The molecule has 1 heterocycles. The number of anilines is 2. The van der Waals surface area contributed by atoms with Gasteiger partial charge in [0.25, 0.3) is 0 Å². The molecule has 2 atom stereocenters. The fraction of sp³-hybridized carbons (Fsp3) is 0.509. The predicted molar refractivity (Wildman–Crippen MR) is 283 cm³/mol. The minimum Gasteiger partial charge on any atom is -0.506 e. The molecule has 20 nitrogen and oxygen atoms in total. The summed E-state index contributed by atoms with van der Waals surface area (Å²) < 4.78 is 74.1. The number of hydrogen-bond acceptors (Lipinski definition) is 17. The molecule has 2 amide bonds. The second-order valence-electron chi connectivity index (χ2n) is 21.7. The summed E-state index contributed by atoms with van der Waals surface area (Å²) >= 11 is 0. The summed E-state index contributed by atoms with van der Waals surface area (Å²) in [6, 6.07) is 17.0. The molecule has 0 aliphatic rings. The van der Waals surface area contributed by atoms with Crippen LogP contribution in [0.4, 0.5) is 16.2 Å². The Kier molecular flexibility index (Phi) is 20.5. The lowest BCUT2D eigenvalue weighted by atomic mass is 9.97. The van der Waals surface area contributed by atoms with Crippen LogP contribution in [-0.2, 0) is 67.6 Å². The van der Waals surface area contributed by atoms with Gasteiger partial charge < -0.3 is 43.4 Å². The summed E-state index contributed by atoms with van der Waals surface area (Å²) in [5.74, 6) is -3.73. The molecule has 4 aromatic rings. The molecule has 2 N–H and O–H groups in total. The van der Waals surface area contributed by atoms with Gasteiger partial charge in [-0.05, 0) is 176 Å². The fourth-order valence-electron chi connectivity index (χ4n) is 6.62. The average molecular weight is 1090 g/mol. The second-order valence-corrected chi connectivity index (χ2v) is 25.4. The van der Waals surface area contributed by atoms with Crippen LogP contribution in [0.25, 0.3) is 22.2 Å². The fourth-order valence-corrected chi connectivity index (χ4v) is 9.45. The van der Waals surface area contributed by atoms with Crippen molar-refractivity contribution < 1.29 is 80.5 Å². The number of ether oxygens (including phenoxy) is 6. The zero-order valence-corrected chi connectivity index (χ0v) is 47.7. The zero-order chi connectivity index (χ0) is 56.5. The molecule has 0 bridgehead atoms. The Morgan fingerprint density at radius 3 is 1.52 bits per heavy atom. The highest BCUT2D eigenvalue weighted by molar-refractivity contribution is 7.58. The maximum atomic E-state index is 14.3. The number of aromatic hydroxyl groups is 1. The van der Waals surface area contributed by atoms with Gasteiger partial charge in [-0.2, -0.15) is 0 Å². The molecular formula is C53H73N3O17P2. The highest BCUT2D eigenvalue weighted by Crippen LogP contribution is 2.51. The van der Waals surface area contributed by atoms with Crippen molar-refractivity contribution in [2.24, 2.45) is 21.7 Å². The van der Waals surface area contributed by atoms with Gasteiger partial charge in [0.2, 0.25) is 22.0 Å². The monoisotopic (exact) mass is 1090 g/mol. The van der Waals surface area contributed by atoms with Crippen molar-refractivity contribution >= 4 is 74.2 Å². The van der Waals surface area contributed by atoms with Gasteiger partial charge in [0.05, 0.1) is 45.2 Å². The number of nitrogens with zero attached hydrogens (tertiary/aromatic N) is 2. The number of nitrogens with one attached hydrogen (secondary N) is 1. The minimum absolute atomic E-state index is 0.00478. The van der Waals surface area contributed by atoms with Crippen molar-refractivity contribution in [3.05, 3.63) is 66.2 Å². The third-order valence-corrected chi connectivity index (χ3v) is 15.1. The van der Waals surface area contributed by atoms with Crippen LogP contribution in [-0.4, -0.2) is 77.6 Å². The number of aryl methyl sites for hydroxylation is 2. The van der Waals surface area contributed by atoms with Gasteiger partial charge in [0, 0.05) is 37.2 Å². The van der Waals surface area contributed by atoms with Crippen molar-refractivity contribution in [3.63, 3.8) is 0 Å². The molecule has 0 saturated carbocycles. The zero-order valence-electron chi connectivity index (χ0n) is 45.7. The van der Waals surface area contributed by atoms with Crippen molar-refractivity contribution in [1.82, 2.24) is 4.57 Å². The third kappa shape index (κ3) is 16.9. The Hall–Kier alpha value is -6.20. The van der Waals surface area contributed by atoms with E-state index in [1.165, 1.54) is 94.1 Å². The largest absolute Gasteiger partial charge is 0.506 e. The van der Waals surface area contributed by atoms with E-state index >= 15 is 0 Å². The van der Waals surface area contributed by atoms with Crippen molar-refractivity contribution in [1.29, 1.82) is 0 Å². The summed E-state index contributed by atoms with van der Waals surface area (Å²) in [6.45, 7) is 20.4. The van der Waals surface area contributed by atoms with Crippen LogP contribution in [0.15, 0.2) is 60.7 Å². The molecule has 0 radical (unpaired) electrons. The topological polar surface area (TPSA) is 251 Å². The van der Waals surface area contributed by atoms with E-state index in [-0.39, 0.29) is 11.4 Å². The van der Waals surface area contributed by atoms with E-state index in [2.05, 4.69) is 5.32 Å². The van der Waals surface area contributed by atoms with Gasteiger partial charge in [-0.3, -0.25) is 47.1 Å². The van der Waals surface area contributed by atoms with E-state index in [0.29, 0.717) is 41.2 Å². The van der Waals surface area contributed by atoms with Gasteiger partial charge in [0.15, 0.2) is 0 Å². The number of carbonyl (C=O) groups is 6. The van der Waals surface area contributed by atoms with Gasteiger partial charge >= 0.3 is 42.9 Å². The summed E-state index contributed by atoms with van der Waals surface area (Å²) in [5.41, 5.74) is -1.03. The maximum Gasteiger partial charge on any atom is 0.419 e. The number of esters is 4. The minimum atomic E-state index is -3.87.